The van der Waals surface area contributed by atoms with Gasteiger partial charge in [-0.1, -0.05) is 11.2 Å². The van der Waals surface area contributed by atoms with Crippen LogP contribution in [0.3, 0.4) is 0 Å². The van der Waals surface area contributed by atoms with Gasteiger partial charge in [0.05, 0.1) is 0 Å². The fourth-order valence-electron chi connectivity index (χ4n) is 2.46. The molecule has 94 valence electrons. The molecule has 2 atom stereocenters. The molecule has 2 N–H and O–H groups in total. The minimum absolute atomic E-state index is 0.266. The molecule has 0 amide bonds. The first-order chi connectivity index (χ1) is 8.74. The Hall–Kier alpha value is -1.75. The van der Waals surface area contributed by atoms with E-state index in [0.717, 1.165) is 30.5 Å². The summed E-state index contributed by atoms with van der Waals surface area (Å²) in [6.07, 6.45) is 4.74. The second kappa shape index (κ2) is 4.49. The minimum atomic E-state index is 0.266. The molecule has 2 aromatic heterocycles. The fourth-order valence-corrected chi connectivity index (χ4v) is 2.46. The van der Waals surface area contributed by atoms with Crippen LogP contribution in [-0.2, 0) is 0 Å². The van der Waals surface area contributed by atoms with Gasteiger partial charge in [0.2, 0.25) is 11.7 Å². The van der Waals surface area contributed by atoms with Crippen molar-refractivity contribution < 1.29 is 4.52 Å². The van der Waals surface area contributed by atoms with Gasteiger partial charge >= 0.3 is 0 Å². The lowest BCUT2D eigenvalue weighted by atomic mass is 10.1. The Bertz CT molecular complexity index is 551. The smallest absolute Gasteiger partial charge is 0.230 e. The van der Waals surface area contributed by atoms with Crippen molar-refractivity contribution in [2.75, 3.05) is 0 Å². The van der Waals surface area contributed by atoms with Gasteiger partial charge in [-0.3, -0.25) is 4.98 Å². The molecule has 0 aliphatic heterocycles. The number of nitrogens with zero attached hydrogens (tertiary/aromatic N) is 3. The topological polar surface area (TPSA) is 77.8 Å². The minimum Gasteiger partial charge on any atom is -0.339 e. The summed E-state index contributed by atoms with van der Waals surface area (Å²) in [6.45, 7) is 1.99. The van der Waals surface area contributed by atoms with Crippen molar-refractivity contribution in [1.82, 2.24) is 15.1 Å². The van der Waals surface area contributed by atoms with Crippen LogP contribution in [0.15, 0.2) is 22.9 Å². The molecule has 2 heterocycles. The third-order valence-electron chi connectivity index (χ3n) is 3.49. The predicted octanol–water partition coefficient (Wildman–Crippen LogP) is 2.03. The highest BCUT2D eigenvalue weighted by molar-refractivity contribution is 5.53. The zero-order chi connectivity index (χ0) is 12.5. The summed E-state index contributed by atoms with van der Waals surface area (Å²) >= 11 is 0. The van der Waals surface area contributed by atoms with Crippen molar-refractivity contribution in [2.24, 2.45) is 5.73 Å². The first kappa shape index (κ1) is 11.3. The molecule has 0 radical (unpaired) electrons. The molecular formula is C13H16N4O. The SMILES string of the molecule is Cc1cccnc1-c1noc(C2CCC(N)C2)n1. The standard InChI is InChI=1S/C13H16N4O/c1-8-3-2-6-15-11(8)12-16-13(18-17-12)9-4-5-10(14)7-9/h2-3,6,9-10H,4-5,7,14H2,1H3. The first-order valence-electron chi connectivity index (χ1n) is 6.25. The van der Waals surface area contributed by atoms with Gasteiger partial charge in [0, 0.05) is 18.2 Å². The van der Waals surface area contributed by atoms with Crippen LogP contribution in [0.4, 0.5) is 0 Å². The zero-order valence-electron chi connectivity index (χ0n) is 10.3. The molecule has 1 aliphatic carbocycles. The summed E-state index contributed by atoms with van der Waals surface area (Å²) in [4.78, 5) is 8.76. The van der Waals surface area contributed by atoms with Crippen molar-refractivity contribution in [3.05, 3.63) is 29.8 Å². The van der Waals surface area contributed by atoms with E-state index < -0.39 is 0 Å². The molecule has 5 heteroatoms. The maximum absolute atomic E-state index is 5.90. The Morgan fingerprint density at radius 3 is 3.00 bits per heavy atom. The molecule has 1 fully saturated rings. The van der Waals surface area contributed by atoms with E-state index in [0.29, 0.717) is 17.6 Å². The normalized spacial score (nSPS) is 23.4. The summed E-state index contributed by atoms with van der Waals surface area (Å²) in [5, 5.41) is 4.03. The van der Waals surface area contributed by atoms with Gasteiger partial charge in [0.25, 0.3) is 0 Å². The van der Waals surface area contributed by atoms with Gasteiger partial charge < -0.3 is 10.3 Å². The Morgan fingerprint density at radius 2 is 2.28 bits per heavy atom. The summed E-state index contributed by atoms with van der Waals surface area (Å²) in [7, 11) is 0. The number of nitrogens with two attached hydrogens (primary N) is 1. The van der Waals surface area contributed by atoms with Crippen LogP contribution in [0.5, 0.6) is 0 Å². The van der Waals surface area contributed by atoms with Gasteiger partial charge in [-0.05, 0) is 37.8 Å². The second-order valence-electron chi connectivity index (χ2n) is 4.90. The molecular weight excluding hydrogens is 228 g/mol. The van der Waals surface area contributed by atoms with E-state index >= 15 is 0 Å². The van der Waals surface area contributed by atoms with Crippen molar-refractivity contribution >= 4 is 0 Å². The van der Waals surface area contributed by atoms with Crippen molar-refractivity contribution in [3.8, 4) is 11.5 Å². The van der Waals surface area contributed by atoms with E-state index in [2.05, 4.69) is 15.1 Å². The molecule has 5 nitrogen and oxygen atoms in total. The van der Waals surface area contributed by atoms with Gasteiger partial charge in [0.15, 0.2) is 0 Å². The lowest BCUT2D eigenvalue weighted by Gasteiger charge is -2.01. The van der Waals surface area contributed by atoms with E-state index in [9.17, 15) is 0 Å². The van der Waals surface area contributed by atoms with Gasteiger partial charge in [-0.15, -0.1) is 0 Å². The summed E-state index contributed by atoms with van der Waals surface area (Å²) in [5.41, 5.74) is 7.74. The van der Waals surface area contributed by atoms with Crippen LogP contribution in [-0.4, -0.2) is 21.2 Å². The zero-order valence-corrected chi connectivity index (χ0v) is 10.3. The average Bonchev–Trinajstić information content (AvgIpc) is 2.98. The Balaban J connectivity index is 1.88. The lowest BCUT2D eigenvalue weighted by molar-refractivity contribution is 0.353. The Labute approximate surface area is 105 Å². The molecule has 0 aromatic carbocycles. The summed E-state index contributed by atoms with van der Waals surface area (Å²) < 4.78 is 5.35. The molecule has 2 unspecified atom stereocenters. The summed E-state index contributed by atoms with van der Waals surface area (Å²) in [5.74, 6) is 1.58. The highest BCUT2D eigenvalue weighted by atomic mass is 16.5. The van der Waals surface area contributed by atoms with Gasteiger partial charge in [-0.2, -0.15) is 4.98 Å². The van der Waals surface area contributed by atoms with Crippen LogP contribution in [0.1, 0.15) is 36.6 Å². The number of rotatable bonds is 2. The van der Waals surface area contributed by atoms with E-state index in [1.165, 1.54) is 0 Å². The molecule has 3 rings (SSSR count). The predicted molar refractivity (Wildman–Crippen MR) is 66.8 cm³/mol. The number of aromatic nitrogens is 3. The van der Waals surface area contributed by atoms with E-state index in [-0.39, 0.29) is 6.04 Å². The summed E-state index contributed by atoms with van der Waals surface area (Å²) in [6, 6.07) is 4.15. The van der Waals surface area contributed by atoms with Gasteiger partial charge in [0.1, 0.15) is 5.69 Å². The third kappa shape index (κ3) is 2.01. The van der Waals surface area contributed by atoms with Gasteiger partial charge in [-0.25, -0.2) is 0 Å². The van der Waals surface area contributed by atoms with Crippen LogP contribution >= 0.6 is 0 Å². The molecule has 0 spiro atoms. The quantitative estimate of drug-likeness (QED) is 0.874. The van der Waals surface area contributed by atoms with Crippen molar-refractivity contribution in [3.63, 3.8) is 0 Å². The van der Waals surface area contributed by atoms with E-state index in [1.54, 1.807) is 6.20 Å². The molecule has 1 saturated carbocycles. The highest BCUT2D eigenvalue weighted by Gasteiger charge is 2.28. The maximum Gasteiger partial charge on any atom is 0.230 e. The molecule has 0 saturated heterocycles. The number of aryl methyl sites for hydroxylation is 1. The first-order valence-corrected chi connectivity index (χ1v) is 6.25. The number of hydrogen-bond donors (Lipinski definition) is 1. The second-order valence-corrected chi connectivity index (χ2v) is 4.90. The van der Waals surface area contributed by atoms with E-state index in [1.807, 2.05) is 19.1 Å². The van der Waals surface area contributed by atoms with Crippen LogP contribution in [0.2, 0.25) is 0 Å². The highest BCUT2D eigenvalue weighted by Crippen LogP contribution is 2.33. The van der Waals surface area contributed by atoms with Crippen LogP contribution < -0.4 is 5.73 Å². The number of pyridine rings is 1. The fraction of sp³-hybridized carbons (Fsp3) is 0.462. The molecule has 1 aliphatic rings. The molecule has 0 bridgehead atoms. The monoisotopic (exact) mass is 244 g/mol. The maximum atomic E-state index is 5.90. The van der Waals surface area contributed by atoms with Crippen LogP contribution in [0.25, 0.3) is 11.5 Å². The van der Waals surface area contributed by atoms with Crippen LogP contribution in [0, 0.1) is 6.92 Å². The van der Waals surface area contributed by atoms with E-state index in [4.69, 9.17) is 10.3 Å². The Morgan fingerprint density at radius 1 is 1.39 bits per heavy atom. The third-order valence-corrected chi connectivity index (χ3v) is 3.49. The van der Waals surface area contributed by atoms with Crippen molar-refractivity contribution in [1.29, 1.82) is 0 Å². The largest absolute Gasteiger partial charge is 0.339 e. The van der Waals surface area contributed by atoms with Crippen molar-refractivity contribution in [2.45, 2.75) is 38.1 Å². The molecule has 2 aromatic rings. The average molecular weight is 244 g/mol. The molecule has 18 heavy (non-hydrogen) atoms. The lowest BCUT2D eigenvalue weighted by Crippen LogP contribution is -2.14. The Kier molecular flexibility index (Phi) is 2.83. The number of hydrogen-bond acceptors (Lipinski definition) is 5.